The number of imidazole rings is 1. The van der Waals surface area contributed by atoms with Crippen LogP contribution in [0.15, 0.2) is 48.3 Å². The fourth-order valence-electron chi connectivity index (χ4n) is 8.24. The van der Waals surface area contributed by atoms with E-state index in [-0.39, 0.29) is 5.41 Å². The smallest absolute Gasteiger partial charge is 0.100 e. The first-order chi connectivity index (χ1) is 14.4. The third kappa shape index (κ3) is 2.40. The second-order valence-electron chi connectivity index (χ2n) is 11.5. The van der Waals surface area contributed by atoms with Gasteiger partial charge in [0.05, 0.1) is 11.0 Å². The summed E-state index contributed by atoms with van der Waals surface area (Å²) in [6.45, 7) is 10.2. The number of hydrogen-bond acceptors (Lipinski definition) is 1. The molecule has 158 valence electrons. The number of fused-ring (bicyclic) bond motifs is 6. The molecule has 2 saturated carbocycles. The summed E-state index contributed by atoms with van der Waals surface area (Å²) in [4.78, 5) is 4.71. The number of allylic oxidation sites excluding steroid dienone is 4. The molecule has 1 heterocycles. The van der Waals surface area contributed by atoms with Gasteiger partial charge in [-0.25, -0.2) is 4.98 Å². The molecule has 4 aliphatic carbocycles. The third-order valence-electron chi connectivity index (χ3n) is 10.1. The van der Waals surface area contributed by atoms with Crippen molar-refractivity contribution in [2.45, 2.75) is 66.2 Å². The maximum absolute atomic E-state index is 4.71. The van der Waals surface area contributed by atoms with Gasteiger partial charge < -0.3 is 4.57 Å². The molecule has 7 atom stereocenters. The number of aromatic nitrogens is 2. The van der Waals surface area contributed by atoms with Crippen LogP contribution in [0.2, 0.25) is 0 Å². The van der Waals surface area contributed by atoms with Crippen molar-refractivity contribution in [2.75, 3.05) is 0 Å². The maximum Gasteiger partial charge on any atom is 0.100 e. The van der Waals surface area contributed by atoms with Gasteiger partial charge in [-0.2, -0.15) is 0 Å². The third-order valence-corrected chi connectivity index (χ3v) is 10.1. The van der Waals surface area contributed by atoms with E-state index in [1.807, 2.05) is 5.57 Å². The average molecular weight is 401 g/mol. The molecule has 1 aromatic heterocycles. The molecular weight excluding hydrogens is 364 g/mol. The Bertz CT molecular complexity index is 1060. The van der Waals surface area contributed by atoms with E-state index >= 15 is 0 Å². The Kier molecular flexibility index (Phi) is 4.00. The van der Waals surface area contributed by atoms with Crippen molar-refractivity contribution in [3.05, 3.63) is 48.3 Å². The molecule has 5 unspecified atom stereocenters. The van der Waals surface area contributed by atoms with Crippen LogP contribution in [0.25, 0.3) is 16.7 Å². The topological polar surface area (TPSA) is 17.8 Å². The van der Waals surface area contributed by atoms with Crippen molar-refractivity contribution in [3.8, 4) is 0 Å². The quantitative estimate of drug-likeness (QED) is 0.458. The van der Waals surface area contributed by atoms with Crippen LogP contribution in [-0.2, 0) is 0 Å². The second-order valence-corrected chi connectivity index (χ2v) is 11.5. The Balaban J connectivity index is 1.36. The molecule has 6 rings (SSSR count). The van der Waals surface area contributed by atoms with Gasteiger partial charge in [-0.3, -0.25) is 0 Å². The fraction of sp³-hybridized carbons (Fsp3) is 0.607. The number of nitrogens with zero attached hydrogens (tertiary/aromatic N) is 2. The first-order valence-electron chi connectivity index (χ1n) is 12.2. The monoisotopic (exact) mass is 400 g/mol. The lowest BCUT2D eigenvalue weighted by molar-refractivity contribution is -0.0248. The van der Waals surface area contributed by atoms with Crippen LogP contribution < -0.4 is 0 Å². The Hall–Kier alpha value is -1.83. The van der Waals surface area contributed by atoms with Crippen LogP contribution in [0, 0.1) is 40.4 Å². The summed E-state index contributed by atoms with van der Waals surface area (Å²) in [6.07, 6.45) is 15.3. The van der Waals surface area contributed by atoms with E-state index in [9.17, 15) is 0 Å². The van der Waals surface area contributed by atoms with Crippen LogP contribution in [0.5, 0.6) is 0 Å². The lowest BCUT2D eigenvalue weighted by atomic mass is 9.46. The minimum absolute atomic E-state index is 0.278. The van der Waals surface area contributed by atoms with Crippen LogP contribution in [0.1, 0.15) is 66.2 Å². The molecular formula is C28H36N2. The summed E-state index contributed by atoms with van der Waals surface area (Å²) >= 11 is 0. The van der Waals surface area contributed by atoms with E-state index in [2.05, 4.69) is 75.0 Å². The molecule has 30 heavy (non-hydrogen) atoms. The highest BCUT2D eigenvalue weighted by molar-refractivity contribution is 5.80. The van der Waals surface area contributed by atoms with Gasteiger partial charge >= 0.3 is 0 Å². The van der Waals surface area contributed by atoms with E-state index in [1.165, 1.54) is 49.7 Å². The molecule has 0 amide bonds. The number of para-hydroxylation sites is 2. The predicted octanol–water partition coefficient (Wildman–Crippen LogP) is 7.33. The van der Waals surface area contributed by atoms with Gasteiger partial charge in [-0.15, -0.1) is 0 Å². The highest BCUT2D eigenvalue weighted by Gasteiger charge is 2.57. The minimum Gasteiger partial charge on any atom is -0.302 e. The molecule has 0 bridgehead atoms. The maximum atomic E-state index is 4.71. The highest BCUT2D eigenvalue weighted by Crippen LogP contribution is 2.66. The van der Waals surface area contributed by atoms with Gasteiger partial charge in [0.25, 0.3) is 0 Å². The Morgan fingerprint density at radius 2 is 1.80 bits per heavy atom. The summed E-state index contributed by atoms with van der Waals surface area (Å²) in [5, 5.41) is 0. The number of hydrogen-bond donors (Lipinski definition) is 0. The Morgan fingerprint density at radius 1 is 0.967 bits per heavy atom. The van der Waals surface area contributed by atoms with E-state index in [0.717, 1.165) is 35.1 Å². The zero-order chi connectivity index (χ0) is 20.7. The Labute approximate surface area is 181 Å². The van der Waals surface area contributed by atoms with Crippen LogP contribution in [-0.4, -0.2) is 9.55 Å². The van der Waals surface area contributed by atoms with Crippen molar-refractivity contribution < 1.29 is 0 Å². The fourth-order valence-corrected chi connectivity index (χ4v) is 8.24. The van der Waals surface area contributed by atoms with Crippen molar-refractivity contribution in [1.29, 1.82) is 0 Å². The standard InChI is InChI=1S/C28H36N2/c1-18-15-20-9-10-21-22-11-12-26(30-17-29-24-7-5-6-8-25(24)30)27(22,3)14-13-23(21)28(20,4)16-19(18)2/h5-9,12,17-19,21-23H,10-11,13-16H2,1-4H3/t18?,19?,21?,22?,23?,27-,28-/m0/s1. The zero-order valence-electron chi connectivity index (χ0n) is 19.1. The Morgan fingerprint density at radius 3 is 2.67 bits per heavy atom. The molecule has 4 aliphatic rings. The SMILES string of the molecule is CC1CC2=CCC3C(CC[C@]4(C)C(n5cnc6ccccc65)=CCC34)[C@@]2(C)CC1C. The summed E-state index contributed by atoms with van der Waals surface area (Å²) in [5.41, 5.74) is 6.43. The molecule has 2 fully saturated rings. The van der Waals surface area contributed by atoms with Crippen LogP contribution >= 0.6 is 0 Å². The van der Waals surface area contributed by atoms with Gasteiger partial charge in [0.1, 0.15) is 6.33 Å². The number of rotatable bonds is 1. The first-order valence-corrected chi connectivity index (χ1v) is 12.2. The largest absolute Gasteiger partial charge is 0.302 e. The molecule has 2 aromatic rings. The number of benzene rings is 1. The normalized spacial score (nSPS) is 42.9. The molecule has 2 heteroatoms. The van der Waals surface area contributed by atoms with Crippen LogP contribution in [0.4, 0.5) is 0 Å². The van der Waals surface area contributed by atoms with Gasteiger partial charge in [0.2, 0.25) is 0 Å². The lowest BCUT2D eigenvalue weighted by Gasteiger charge is -2.58. The van der Waals surface area contributed by atoms with Crippen LogP contribution in [0.3, 0.4) is 0 Å². The lowest BCUT2D eigenvalue weighted by Crippen LogP contribution is -2.50. The molecule has 0 spiro atoms. The van der Waals surface area contributed by atoms with Gasteiger partial charge in [-0.1, -0.05) is 57.6 Å². The van der Waals surface area contributed by atoms with E-state index in [0.29, 0.717) is 5.41 Å². The summed E-state index contributed by atoms with van der Waals surface area (Å²) < 4.78 is 2.41. The summed E-state index contributed by atoms with van der Waals surface area (Å²) in [7, 11) is 0. The molecule has 0 saturated heterocycles. The van der Waals surface area contributed by atoms with Gasteiger partial charge in [-0.05, 0) is 85.7 Å². The van der Waals surface area contributed by atoms with E-state index < -0.39 is 0 Å². The molecule has 0 radical (unpaired) electrons. The van der Waals surface area contributed by atoms with Gasteiger partial charge in [0.15, 0.2) is 0 Å². The van der Waals surface area contributed by atoms with Crippen molar-refractivity contribution >= 4 is 16.7 Å². The van der Waals surface area contributed by atoms with Crippen molar-refractivity contribution in [2.24, 2.45) is 40.4 Å². The van der Waals surface area contributed by atoms with E-state index in [4.69, 9.17) is 4.98 Å². The molecule has 0 N–H and O–H groups in total. The second kappa shape index (κ2) is 6.34. The zero-order valence-corrected chi connectivity index (χ0v) is 19.1. The predicted molar refractivity (Wildman–Crippen MR) is 125 cm³/mol. The van der Waals surface area contributed by atoms with Crippen molar-refractivity contribution in [3.63, 3.8) is 0 Å². The minimum atomic E-state index is 0.278. The highest BCUT2D eigenvalue weighted by atomic mass is 15.1. The molecule has 2 nitrogen and oxygen atoms in total. The van der Waals surface area contributed by atoms with Crippen molar-refractivity contribution in [1.82, 2.24) is 9.55 Å². The summed E-state index contributed by atoms with van der Waals surface area (Å²) in [5.74, 6) is 4.19. The van der Waals surface area contributed by atoms with E-state index in [1.54, 1.807) is 0 Å². The molecule has 0 aliphatic heterocycles. The molecule has 1 aromatic carbocycles. The average Bonchev–Trinajstić information content (AvgIpc) is 3.29. The first kappa shape index (κ1) is 18.9. The summed E-state index contributed by atoms with van der Waals surface area (Å²) in [6, 6.07) is 8.60. The van der Waals surface area contributed by atoms with Gasteiger partial charge in [0, 0.05) is 11.1 Å².